The molecule has 1 unspecified atom stereocenters. The van der Waals surface area contributed by atoms with E-state index in [9.17, 15) is 0 Å². The van der Waals surface area contributed by atoms with Gasteiger partial charge in [-0.15, -0.1) is 0 Å². The van der Waals surface area contributed by atoms with Gasteiger partial charge in [-0.2, -0.15) is 14.0 Å². The van der Waals surface area contributed by atoms with Crippen LogP contribution in [0.2, 0.25) is 5.15 Å². The number of hydrogen-bond acceptors (Lipinski definition) is 5. The number of nitriles is 1. The molecule has 76 valence electrons. The van der Waals surface area contributed by atoms with Crippen LogP contribution in [0.4, 0.5) is 5.82 Å². The molecule has 14 heavy (non-hydrogen) atoms. The minimum Gasteiger partial charge on any atom is -0.352 e. The van der Waals surface area contributed by atoms with Gasteiger partial charge in [0.2, 0.25) is 0 Å². The predicted octanol–water partition coefficient (Wildman–Crippen LogP) is 2.18. The lowest BCUT2D eigenvalue weighted by Crippen LogP contribution is -2.28. The van der Waals surface area contributed by atoms with Crippen LogP contribution in [0.5, 0.6) is 0 Å². The van der Waals surface area contributed by atoms with Crippen LogP contribution in [0.1, 0.15) is 13.8 Å². The second kappa shape index (κ2) is 5.13. The average Bonchev–Trinajstić information content (AvgIpc) is 2.60. The summed E-state index contributed by atoms with van der Waals surface area (Å²) in [5.41, 5.74) is 0. The number of aromatic nitrogens is 2. The summed E-state index contributed by atoms with van der Waals surface area (Å²) in [6, 6.07) is 2.18. The number of anilines is 1. The molecule has 1 rings (SSSR count). The molecule has 0 saturated carbocycles. The summed E-state index contributed by atoms with van der Waals surface area (Å²) in [5, 5.41) is 9.12. The highest BCUT2D eigenvalue weighted by atomic mass is 35.5. The Balaban J connectivity index is 2.74. The molecule has 0 radical (unpaired) electrons. The molecule has 1 aromatic rings. The van der Waals surface area contributed by atoms with E-state index in [0.717, 1.165) is 18.3 Å². The largest absolute Gasteiger partial charge is 0.352 e. The fraction of sp³-hybridized carbons (Fsp3) is 0.625. The van der Waals surface area contributed by atoms with Gasteiger partial charge in [0.25, 0.3) is 0 Å². The van der Waals surface area contributed by atoms with Crippen LogP contribution in [-0.2, 0) is 0 Å². The highest BCUT2D eigenvalue weighted by Crippen LogP contribution is 2.23. The molecule has 0 aliphatic rings. The molecule has 0 spiro atoms. The standard InChI is InChI=1S/C8H11ClN4S/c1-3-13(5-6(2)4-10)8-7(9)11-14-12-8/h6H,3,5H2,1-2H3. The Morgan fingerprint density at radius 3 is 2.79 bits per heavy atom. The average molecular weight is 231 g/mol. The van der Waals surface area contributed by atoms with Crippen molar-refractivity contribution in [1.82, 2.24) is 8.75 Å². The van der Waals surface area contributed by atoms with Crippen molar-refractivity contribution >= 4 is 29.1 Å². The van der Waals surface area contributed by atoms with Gasteiger partial charge in [0.1, 0.15) is 0 Å². The van der Waals surface area contributed by atoms with Gasteiger partial charge in [-0.05, 0) is 13.8 Å². The SMILES string of the molecule is CCN(CC(C)C#N)c1nsnc1Cl. The van der Waals surface area contributed by atoms with Crippen molar-refractivity contribution in [3.63, 3.8) is 0 Å². The molecule has 0 aliphatic carbocycles. The highest BCUT2D eigenvalue weighted by Gasteiger charge is 2.15. The summed E-state index contributed by atoms with van der Waals surface area (Å²) in [5.74, 6) is 0.647. The summed E-state index contributed by atoms with van der Waals surface area (Å²) in [6.45, 7) is 5.28. The third-order valence-electron chi connectivity index (χ3n) is 1.83. The van der Waals surface area contributed by atoms with Crippen LogP contribution >= 0.6 is 23.3 Å². The fourth-order valence-corrected chi connectivity index (χ4v) is 1.88. The Bertz CT molecular complexity index is 332. The second-order valence-corrected chi connectivity index (χ2v) is 3.83. The van der Waals surface area contributed by atoms with E-state index >= 15 is 0 Å². The van der Waals surface area contributed by atoms with Crippen LogP contribution in [0.3, 0.4) is 0 Å². The molecular weight excluding hydrogens is 220 g/mol. The zero-order valence-electron chi connectivity index (χ0n) is 8.07. The molecule has 0 amide bonds. The first-order valence-corrected chi connectivity index (χ1v) is 5.42. The summed E-state index contributed by atoms with van der Waals surface area (Å²) < 4.78 is 7.98. The summed E-state index contributed by atoms with van der Waals surface area (Å²) in [6.07, 6.45) is 0. The van der Waals surface area contributed by atoms with Crippen molar-refractivity contribution in [2.75, 3.05) is 18.0 Å². The minimum absolute atomic E-state index is 0.0345. The molecule has 0 bridgehead atoms. The van der Waals surface area contributed by atoms with Gasteiger partial charge in [-0.25, -0.2) is 0 Å². The quantitative estimate of drug-likeness (QED) is 0.796. The number of nitrogens with zero attached hydrogens (tertiary/aromatic N) is 4. The highest BCUT2D eigenvalue weighted by molar-refractivity contribution is 6.99. The second-order valence-electron chi connectivity index (χ2n) is 2.95. The van der Waals surface area contributed by atoms with E-state index in [1.807, 2.05) is 18.7 Å². The van der Waals surface area contributed by atoms with Crippen LogP contribution in [0.15, 0.2) is 0 Å². The lowest BCUT2D eigenvalue weighted by Gasteiger charge is -2.20. The zero-order chi connectivity index (χ0) is 10.6. The number of halogens is 1. The molecule has 0 N–H and O–H groups in total. The van der Waals surface area contributed by atoms with Gasteiger partial charge in [0, 0.05) is 13.1 Å². The maximum atomic E-state index is 8.70. The van der Waals surface area contributed by atoms with Crippen molar-refractivity contribution in [1.29, 1.82) is 5.26 Å². The molecule has 6 heteroatoms. The van der Waals surface area contributed by atoms with Gasteiger partial charge < -0.3 is 4.90 Å². The Morgan fingerprint density at radius 1 is 1.64 bits per heavy atom. The van der Waals surface area contributed by atoms with Gasteiger partial charge in [-0.1, -0.05) is 11.6 Å². The van der Waals surface area contributed by atoms with Gasteiger partial charge >= 0.3 is 0 Å². The molecule has 1 atom stereocenters. The predicted molar refractivity (Wildman–Crippen MR) is 57.6 cm³/mol. The van der Waals surface area contributed by atoms with E-state index < -0.39 is 0 Å². The Kier molecular flexibility index (Phi) is 4.11. The molecule has 0 aromatic carbocycles. The Hall–Kier alpha value is -0.860. The van der Waals surface area contributed by atoms with Crippen LogP contribution in [0.25, 0.3) is 0 Å². The van der Waals surface area contributed by atoms with E-state index in [-0.39, 0.29) is 5.92 Å². The molecule has 1 heterocycles. The topological polar surface area (TPSA) is 52.8 Å². The summed E-state index contributed by atoms with van der Waals surface area (Å²) in [7, 11) is 0. The van der Waals surface area contributed by atoms with E-state index in [1.54, 1.807) is 0 Å². The number of hydrogen-bond donors (Lipinski definition) is 0. The van der Waals surface area contributed by atoms with E-state index in [0.29, 0.717) is 17.5 Å². The smallest absolute Gasteiger partial charge is 0.187 e. The van der Waals surface area contributed by atoms with Crippen LogP contribution in [0, 0.1) is 17.2 Å². The lowest BCUT2D eigenvalue weighted by molar-refractivity contribution is 0.682. The van der Waals surface area contributed by atoms with E-state index in [1.165, 1.54) is 0 Å². The first-order valence-electron chi connectivity index (χ1n) is 4.31. The minimum atomic E-state index is -0.0345. The van der Waals surface area contributed by atoms with E-state index in [4.69, 9.17) is 16.9 Å². The molecule has 1 aromatic heterocycles. The number of rotatable bonds is 4. The van der Waals surface area contributed by atoms with Crippen molar-refractivity contribution in [3.8, 4) is 6.07 Å². The summed E-state index contributed by atoms with van der Waals surface area (Å²) >= 11 is 6.94. The van der Waals surface area contributed by atoms with Crippen molar-refractivity contribution in [2.45, 2.75) is 13.8 Å². The van der Waals surface area contributed by atoms with Gasteiger partial charge in [-0.3, -0.25) is 0 Å². The third kappa shape index (κ3) is 2.56. The van der Waals surface area contributed by atoms with Gasteiger partial charge in [0.05, 0.1) is 23.7 Å². The van der Waals surface area contributed by atoms with Gasteiger partial charge in [0.15, 0.2) is 11.0 Å². The monoisotopic (exact) mass is 230 g/mol. The van der Waals surface area contributed by atoms with Crippen molar-refractivity contribution < 1.29 is 0 Å². The molecule has 0 fully saturated rings. The zero-order valence-corrected chi connectivity index (χ0v) is 9.64. The van der Waals surface area contributed by atoms with Crippen molar-refractivity contribution in [2.24, 2.45) is 5.92 Å². The van der Waals surface area contributed by atoms with E-state index in [2.05, 4.69) is 14.8 Å². The van der Waals surface area contributed by atoms with Crippen LogP contribution in [-0.4, -0.2) is 21.8 Å². The molecule has 0 aliphatic heterocycles. The lowest BCUT2D eigenvalue weighted by atomic mass is 10.2. The third-order valence-corrected chi connectivity index (χ3v) is 2.70. The Morgan fingerprint density at radius 2 is 2.36 bits per heavy atom. The summed E-state index contributed by atoms with van der Waals surface area (Å²) in [4.78, 5) is 1.96. The first-order chi connectivity index (χ1) is 6.69. The molecular formula is C8H11ClN4S. The molecule has 4 nitrogen and oxygen atoms in total. The van der Waals surface area contributed by atoms with Crippen molar-refractivity contribution in [3.05, 3.63) is 5.15 Å². The van der Waals surface area contributed by atoms with Crippen LogP contribution < -0.4 is 4.90 Å². The fourth-order valence-electron chi connectivity index (χ4n) is 1.10. The Labute approximate surface area is 92.4 Å². The normalized spacial score (nSPS) is 12.1. The maximum absolute atomic E-state index is 8.70. The maximum Gasteiger partial charge on any atom is 0.187 e. The first kappa shape index (κ1) is 11.2. The molecule has 0 saturated heterocycles.